The molecule has 2 heterocycles. The van der Waals surface area contributed by atoms with Crippen molar-refractivity contribution in [1.29, 1.82) is 0 Å². The first-order valence-electron chi connectivity index (χ1n) is 6.83. The molecule has 6 heteroatoms. The fourth-order valence-electron chi connectivity index (χ4n) is 2.11. The van der Waals surface area contributed by atoms with Crippen molar-refractivity contribution in [2.45, 2.75) is 39.5 Å². The van der Waals surface area contributed by atoms with Crippen LogP contribution in [0.5, 0.6) is 0 Å². The zero-order valence-corrected chi connectivity index (χ0v) is 11.9. The van der Waals surface area contributed by atoms with Gasteiger partial charge in [-0.3, -0.25) is 9.89 Å². The average Bonchev–Trinajstić information content (AvgIpc) is 3.05. The van der Waals surface area contributed by atoms with E-state index in [-0.39, 0.29) is 5.91 Å². The lowest BCUT2D eigenvalue weighted by atomic mass is 10.1. The van der Waals surface area contributed by atoms with Gasteiger partial charge in [0, 0.05) is 24.7 Å². The van der Waals surface area contributed by atoms with E-state index in [4.69, 9.17) is 4.52 Å². The summed E-state index contributed by atoms with van der Waals surface area (Å²) in [7, 11) is 0. The van der Waals surface area contributed by atoms with Crippen LogP contribution in [0.15, 0.2) is 16.9 Å². The quantitative estimate of drug-likeness (QED) is 0.754. The van der Waals surface area contributed by atoms with Gasteiger partial charge in [0.15, 0.2) is 0 Å². The standard InChI is InChI=1S/C14H20N4O2/c1-10-13(11(2)20-18-10)4-3-7-15-14(19)6-5-12-8-16-17-9-12/h8-9H,3-7H2,1-2H3,(H,15,19)(H,16,17). The molecule has 0 aliphatic rings. The Balaban J connectivity index is 1.62. The van der Waals surface area contributed by atoms with E-state index < -0.39 is 0 Å². The third-order valence-electron chi connectivity index (χ3n) is 3.30. The maximum atomic E-state index is 11.7. The van der Waals surface area contributed by atoms with Gasteiger partial charge in [0.2, 0.25) is 5.91 Å². The highest BCUT2D eigenvalue weighted by Gasteiger charge is 2.08. The molecule has 0 fully saturated rings. The summed E-state index contributed by atoms with van der Waals surface area (Å²) in [4.78, 5) is 11.7. The molecule has 0 atom stereocenters. The molecule has 0 saturated carbocycles. The van der Waals surface area contributed by atoms with Crippen LogP contribution in [0.2, 0.25) is 0 Å². The summed E-state index contributed by atoms with van der Waals surface area (Å²) in [5.74, 6) is 0.943. The summed E-state index contributed by atoms with van der Waals surface area (Å²) >= 11 is 0. The van der Waals surface area contributed by atoms with Crippen molar-refractivity contribution in [1.82, 2.24) is 20.7 Å². The van der Waals surface area contributed by atoms with Gasteiger partial charge < -0.3 is 9.84 Å². The van der Waals surface area contributed by atoms with E-state index in [1.807, 2.05) is 20.0 Å². The number of hydrogen-bond acceptors (Lipinski definition) is 4. The van der Waals surface area contributed by atoms with Crippen LogP contribution in [0.1, 0.15) is 35.4 Å². The topological polar surface area (TPSA) is 83.8 Å². The Kier molecular flexibility index (Phi) is 4.92. The molecule has 2 rings (SSSR count). The van der Waals surface area contributed by atoms with Gasteiger partial charge in [0.05, 0.1) is 11.9 Å². The second-order valence-corrected chi connectivity index (χ2v) is 4.86. The normalized spacial score (nSPS) is 10.7. The van der Waals surface area contributed by atoms with Crippen LogP contribution in [-0.2, 0) is 17.6 Å². The number of aromatic amines is 1. The Morgan fingerprint density at radius 1 is 1.40 bits per heavy atom. The number of H-pyrrole nitrogens is 1. The number of hydrogen-bond donors (Lipinski definition) is 2. The molecule has 0 aromatic carbocycles. The molecule has 0 spiro atoms. The van der Waals surface area contributed by atoms with Crippen LogP contribution in [0.4, 0.5) is 0 Å². The Morgan fingerprint density at radius 3 is 2.90 bits per heavy atom. The molecule has 0 aliphatic heterocycles. The number of aromatic nitrogens is 3. The molecule has 0 radical (unpaired) electrons. The smallest absolute Gasteiger partial charge is 0.220 e. The summed E-state index contributed by atoms with van der Waals surface area (Å²) in [5, 5.41) is 13.4. The number of nitrogens with zero attached hydrogens (tertiary/aromatic N) is 2. The Labute approximate surface area is 117 Å². The van der Waals surface area contributed by atoms with E-state index in [9.17, 15) is 4.79 Å². The first kappa shape index (κ1) is 14.3. The second-order valence-electron chi connectivity index (χ2n) is 4.86. The highest BCUT2D eigenvalue weighted by atomic mass is 16.5. The minimum absolute atomic E-state index is 0.0740. The molecule has 1 amide bonds. The van der Waals surface area contributed by atoms with Gasteiger partial charge in [-0.25, -0.2) is 0 Å². The van der Waals surface area contributed by atoms with Crippen LogP contribution in [0.25, 0.3) is 0 Å². The first-order chi connectivity index (χ1) is 9.66. The zero-order chi connectivity index (χ0) is 14.4. The van der Waals surface area contributed by atoms with Crippen LogP contribution in [0.3, 0.4) is 0 Å². The third kappa shape index (κ3) is 3.94. The lowest BCUT2D eigenvalue weighted by Gasteiger charge is -2.04. The van der Waals surface area contributed by atoms with Gasteiger partial charge in [0.1, 0.15) is 5.76 Å². The van der Waals surface area contributed by atoms with Gasteiger partial charge >= 0.3 is 0 Å². The maximum absolute atomic E-state index is 11.7. The largest absolute Gasteiger partial charge is 0.361 e. The van der Waals surface area contributed by atoms with Gasteiger partial charge in [-0.2, -0.15) is 5.10 Å². The molecule has 0 saturated heterocycles. The van der Waals surface area contributed by atoms with Gasteiger partial charge in [-0.05, 0) is 38.7 Å². The van der Waals surface area contributed by atoms with E-state index in [0.29, 0.717) is 19.4 Å². The van der Waals surface area contributed by atoms with Crippen molar-refractivity contribution in [2.24, 2.45) is 0 Å². The predicted molar refractivity (Wildman–Crippen MR) is 74.2 cm³/mol. The SMILES string of the molecule is Cc1noc(C)c1CCCNC(=O)CCc1cn[nH]c1. The zero-order valence-electron chi connectivity index (χ0n) is 11.9. The van der Waals surface area contributed by atoms with Gasteiger partial charge in [-0.1, -0.05) is 5.16 Å². The van der Waals surface area contributed by atoms with Crippen molar-refractivity contribution >= 4 is 5.91 Å². The molecular weight excluding hydrogens is 256 g/mol. The Hall–Kier alpha value is -2.11. The Morgan fingerprint density at radius 2 is 2.25 bits per heavy atom. The minimum Gasteiger partial charge on any atom is -0.361 e. The highest BCUT2D eigenvalue weighted by Crippen LogP contribution is 2.13. The van der Waals surface area contributed by atoms with Crippen molar-refractivity contribution in [2.75, 3.05) is 6.54 Å². The fourth-order valence-corrected chi connectivity index (χ4v) is 2.11. The first-order valence-corrected chi connectivity index (χ1v) is 6.83. The average molecular weight is 276 g/mol. The molecule has 20 heavy (non-hydrogen) atoms. The molecule has 2 aromatic heterocycles. The molecule has 6 nitrogen and oxygen atoms in total. The number of rotatable bonds is 7. The number of nitrogens with one attached hydrogen (secondary N) is 2. The lowest BCUT2D eigenvalue weighted by Crippen LogP contribution is -2.25. The summed E-state index contributed by atoms with van der Waals surface area (Å²) in [6, 6.07) is 0. The highest BCUT2D eigenvalue weighted by molar-refractivity contribution is 5.76. The molecule has 2 aromatic rings. The van der Waals surface area contributed by atoms with Gasteiger partial charge in [-0.15, -0.1) is 0 Å². The Bertz CT molecular complexity index is 526. The summed E-state index contributed by atoms with van der Waals surface area (Å²) in [5.41, 5.74) is 3.14. The summed E-state index contributed by atoms with van der Waals surface area (Å²) < 4.78 is 5.11. The maximum Gasteiger partial charge on any atom is 0.220 e. The summed E-state index contributed by atoms with van der Waals surface area (Å²) in [6.07, 6.45) is 6.52. The number of carbonyl (C=O) groups is 1. The van der Waals surface area contributed by atoms with Crippen LogP contribution < -0.4 is 5.32 Å². The van der Waals surface area contributed by atoms with Crippen molar-refractivity contribution in [3.63, 3.8) is 0 Å². The van der Waals surface area contributed by atoms with E-state index in [2.05, 4.69) is 20.7 Å². The molecular formula is C14H20N4O2. The molecule has 2 N–H and O–H groups in total. The molecule has 0 bridgehead atoms. The number of aryl methyl sites for hydroxylation is 3. The van der Waals surface area contributed by atoms with Crippen LogP contribution in [-0.4, -0.2) is 27.8 Å². The van der Waals surface area contributed by atoms with E-state index >= 15 is 0 Å². The van der Waals surface area contributed by atoms with E-state index in [0.717, 1.165) is 35.4 Å². The fraction of sp³-hybridized carbons (Fsp3) is 0.500. The van der Waals surface area contributed by atoms with Crippen molar-refractivity contribution in [3.05, 3.63) is 35.0 Å². The van der Waals surface area contributed by atoms with Crippen molar-refractivity contribution in [3.8, 4) is 0 Å². The minimum atomic E-state index is 0.0740. The van der Waals surface area contributed by atoms with E-state index in [1.165, 1.54) is 0 Å². The predicted octanol–water partition coefficient (Wildman–Crippen LogP) is 1.70. The molecule has 0 unspecified atom stereocenters. The van der Waals surface area contributed by atoms with E-state index in [1.54, 1.807) is 6.20 Å². The second kappa shape index (κ2) is 6.88. The number of amides is 1. The molecule has 0 aliphatic carbocycles. The lowest BCUT2D eigenvalue weighted by molar-refractivity contribution is -0.121. The van der Waals surface area contributed by atoms with Crippen molar-refractivity contribution < 1.29 is 9.32 Å². The third-order valence-corrected chi connectivity index (χ3v) is 3.30. The monoisotopic (exact) mass is 276 g/mol. The van der Waals surface area contributed by atoms with Crippen LogP contribution in [0, 0.1) is 13.8 Å². The number of carbonyl (C=O) groups excluding carboxylic acids is 1. The summed E-state index contributed by atoms with van der Waals surface area (Å²) in [6.45, 7) is 4.53. The van der Waals surface area contributed by atoms with Crippen LogP contribution >= 0.6 is 0 Å². The van der Waals surface area contributed by atoms with Gasteiger partial charge in [0.25, 0.3) is 0 Å². The molecule has 108 valence electrons.